The van der Waals surface area contributed by atoms with E-state index in [9.17, 15) is 9.90 Å². The highest BCUT2D eigenvalue weighted by Crippen LogP contribution is 2.41. The van der Waals surface area contributed by atoms with E-state index in [0.29, 0.717) is 11.6 Å². The summed E-state index contributed by atoms with van der Waals surface area (Å²) in [5, 5.41) is 9.36. The summed E-state index contributed by atoms with van der Waals surface area (Å²) in [5.74, 6) is -0.535. The second-order valence-electron chi connectivity index (χ2n) is 4.79. The molecular formula is C13H14N2O2. The van der Waals surface area contributed by atoms with Gasteiger partial charge in [0.1, 0.15) is 5.65 Å². The van der Waals surface area contributed by atoms with Crippen LogP contribution in [0.2, 0.25) is 0 Å². The van der Waals surface area contributed by atoms with E-state index in [2.05, 4.69) is 4.98 Å². The van der Waals surface area contributed by atoms with Crippen molar-refractivity contribution in [1.82, 2.24) is 9.38 Å². The van der Waals surface area contributed by atoms with Gasteiger partial charge >= 0.3 is 5.97 Å². The molecule has 1 saturated carbocycles. The fourth-order valence-corrected chi connectivity index (χ4v) is 2.40. The Morgan fingerprint density at radius 2 is 2.12 bits per heavy atom. The minimum Gasteiger partial charge on any atom is -0.477 e. The van der Waals surface area contributed by atoms with Crippen LogP contribution in [-0.2, 0) is 0 Å². The average molecular weight is 230 g/mol. The number of aromatic nitrogens is 2. The molecule has 0 atom stereocenters. The van der Waals surface area contributed by atoms with E-state index >= 15 is 0 Å². The van der Waals surface area contributed by atoms with Gasteiger partial charge in [-0.25, -0.2) is 9.78 Å². The summed E-state index contributed by atoms with van der Waals surface area (Å²) in [4.78, 5) is 15.9. The second-order valence-corrected chi connectivity index (χ2v) is 4.79. The Labute approximate surface area is 98.9 Å². The number of hydrogen-bond acceptors (Lipinski definition) is 2. The van der Waals surface area contributed by atoms with Gasteiger partial charge in [-0.15, -0.1) is 0 Å². The van der Waals surface area contributed by atoms with E-state index in [1.165, 1.54) is 0 Å². The molecule has 0 radical (unpaired) electrons. The molecule has 1 aliphatic rings. The summed E-state index contributed by atoms with van der Waals surface area (Å²) in [6, 6.07) is 3.92. The van der Waals surface area contributed by atoms with Gasteiger partial charge in [0.05, 0.1) is 5.69 Å². The van der Waals surface area contributed by atoms with Crippen LogP contribution in [0.15, 0.2) is 12.1 Å². The molecule has 0 aromatic carbocycles. The van der Waals surface area contributed by atoms with Crippen LogP contribution < -0.4 is 0 Å². The van der Waals surface area contributed by atoms with Crippen molar-refractivity contribution in [3.63, 3.8) is 0 Å². The molecule has 1 aliphatic carbocycles. The van der Waals surface area contributed by atoms with Gasteiger partial charge in [0, 0.05) is 11.6 Å². The predicted molar refractivity (Wildman–Crippen MR) is 63.6 cm³/mol. The Hall–Kier alpha value is -1.84. The van der Waals surface area contributed by atoms with Crippen LogP contribution in [0.5, 0.6) is 0 Å². The van der Waals surface area contributed by atoms with Crippen molar-refractivity contribution < 1.29 is 9.90 Å². The maximum Gasteiger partial charge on any atom is 0.354 e. The number of carboxylic acid groups (broad SMARTS) is 1. The van der Waals surface area contributed by atoms with Gasteiger partial charge in [-0.05, 0) is 44.4 Å². The zero-order valence-corrected chi connectivity index (χ0v) is 9.90. The van der Waals surface area contributed by atoms with Crippen molar-refractivity contribution in [3.8, 4) is 0 Å². The number of carboxylic acids is 1. The third kappa shape index (κ3) is 1.52. The van der Waals surface area contributed by atoms with Crippen LogP contribution in [0, 0.1) is 13.8 Å². The topological polar surface area (TPSA) is 54.6 Å². The zero-order valence-electron chi connectivity index (χ0n) is 9.90. The van der Waals surface area contributed by atoms with Crippen LogP contribution in [0.3, 0.4) is 0 Å². The predicted octanol–water partition coefficient (Wildman–Crippen LogP) is 2.53. The van der Waals surface area contributed by atoms with Gasteiger partial charge in [-0.3, -0.25) is 4.40 Å². The van der Waals surface area contributed by atoms with Crippen LogP contribution in [0.1, 0.15) is 46.2 Å². The van der Waals surface area contributed by atoms with Crippen LogP contribution in [-0.4, -0.2) is 20.5 Å². The Morgan fingerprint density at radius 3 is 2.71 bits per heavy atom. The molecule has 0 bridgehead atoms. The lowest BCUT2D eigenvalue weighted by atomic mass is 10.2. The number of pyridine rings is 1. The van der Waals surface area contributed by atoms with E-state index in [1.54, 1.807) is 4.40 Å². The summed E-state index contributed by atoms with van der Waals surface area (Å²) >= 11 is 0. The Kier molecular flexibility index (Phi) is 2.02. The lowest BCUT2D eigenvalue weighted by Gasteiger charge is -2.04. The van der Waals surface area contributed by atoms with Gasteiger partial charge < -0.3 is 5.11 Å². The second kappa shape index (κ2) is 3.32. The maximum absolute atomic E-state index is 11.4. The molecule has 1 fully saturated rings. The zero-order chi connectivity index (χ0) is 12.2. The quantitative estimate of drug-likeness (QED) is 0.862. The molecule has 4 nitrogen and oxygen atoms in total. The summed E-state index contributed by atoms with van der Waals surface area (Å²) in [5.41, 5.74) is 3.89. The van der Waals surface area contributed by atoms with Crippen molar-refractivity contribution in [2.24, 2.45) is 0 Å². The van der Waals surface area contributed by atoms with E-state index in [-0.39, 0.29) is 0 Å². The Balaban J connectivity index is 2.38. The molecule has 0 amide bonds. The van der Waals surface area contributed by atoms with Gasteiger partial charge in [0.15, 0.2) is 5.69 Å². The van der Waals surface area contributed by atoms with Gasteiger partial charge in [-0.1, -0.05) is 0 Å². The van der Waals surface area contributed by atoms with Crippen LogP contribution >= 0.6 is 0 Å². The minimum absolute atomic E-state index is 0.347. The van der Waals surface area contributed by atoms with Gasteiger partial charge in [0.2, 0.25) is 0 Å². The first kappa shape index (κ1) is 10.3. The van der Waals surface area contributed by atoms with Crippen molar-refractivity contribution >= 4 is 11.6 Å². The molecule has 0 saturated heterocycles. The standard InChI is InChI=1S/C13H14N2O2/c1-7-5-8(2)15-10(6-7)14-11(9-3-4-9)12(15)13(16)17/h5-6,9H,3-4H2,1-2H3,(H,16,17). The summed E-state index contributed by atoms with van der Waals surface area (Å²) in [6.45, 7) is 3.92. The molecule has 3 rings (SSSR count). The van der Waals surface area contributed by atoms with E-state index in [0.717, 1.165) is 35.4 Å². The number of nitrogens with zero attached hydrogens (tertiary/aromatic N) is 2. The number of aromatic carboxylic acids is 1. The van der Waals surface area contributed by atoms with E-state index in [4.69, 9.17) is 0 Å². The smallest absolute Gasteiger partial charge is 0.354 e. The summed E-state index contributed by atoms with van der Waals surface area (Å²) < 4.78 is 1.75. The van der Waals surface area contributed by atoms with E-state index in [1.807, 2.05) is 26.0 Å². The number of rotatable bonds is 2. The third-order valence-corrected chi connectivity index (χ3v) is 3.24. The van der Waals surface area contributed by atoms with Crippen molar-refractivity contribution in [1.29, 1.82) is 0 Å². The number of carbonyl (C=O) groups is 1. The largest absolute Gasteiger partial charge is 0.477 e. The molecule has 4 heteroatoms. The molecule has 2 aromatic heterocycles. The molecule has 88 valence electrons. The highest BCUT2D eigenvalue weighted by atomic mass is 16.4. The molecule has 1 N–H and O–H groups in total. The lowest BCUT2D eigenvalue weighted by Crippen LogP contribution is -2.07. The highest BCUT2D eigenvalue weighted by Gasteiger charge is 2.32. The molecule has 0 spiro atoms. The summed E-state index contributed by atoms with van der Waals surface area (Å²) in [7, 11) is 0. The number of imidazole rings is 1. The number of hydrogen-bond donors (Lipinski definition) is 1. The Morgan fingerprint density at radius 1 is 1.41 bits per heavy atom. The van der Waals surface area contributed by atoms with Crippen molar-refractivity contribution in [2.75, 3.05) is 0 Å². The first-order valence-corrected chi connectivity index (χ1v) is 5.81. The fraction of sp³-hybridized carbons (Fsp3) is 0.385. The maximum atomic E-state index is 11.4. The fourth-order valence-electron chi connectivity index (χ4n) is 2.40. The minimum atomic E-state index is -0.883. The van der Waals surface area contributed by atoms with Crippen LogP contribution in [0.25, 0.3) is 5.65 Å². The summed E-state index contributed by atoms with van der Waals surface area (Å²) in [6.07, 6.45) is 2.12. The highest BCUT2D eigenvalue weighted by molar-refractivity contribution is 5.89. The first-order valence-electron chi connectivity index (χ1n) is 5.81. The van der Waals surface area contributed by atoms with E-state index < -0.39 is 5.97 Å². The molecule has 0 aliphatic heterocycles. The lowest BCUT2D eigenvalue weighted by molar-refractivity contribution is 0.0687. The average Bonchev–Trinajstić information content (AvgIpc) is 2.99. The molecule has 0 unspecified atom stereocenters. The first-order chi connectivity index (χ1) is 8.08. The van der Waals surface area contributed by atoms with Crippen LogP contribution in [0.4, 0.5) is 0 Å². The monoisotopic (exact) mass is 230 g/mol. The SMILES string of the molecule is Cc1cc(C)n2c(C(=O)O)c(C3CC3)nc2c1. The number of aryl methyl sites for hydroxylation is 2. The van der Waals surface area contributed by atoms with Gasteiger partial charge in [0.25, 0.3) is 0 Å². The Bertz CT molecular complexity index is 624. The van der Waals surface area contributed by atoms with Crippen molar-refractivity contribution in [2.45, 2.75) is 32.6 Å². The van der Waals surface area contributed by atoms with Gasteiger partial charge in [-0.2, -0.15) is 0 Å². The number of fused-ring (bicyclic) bond motifs is 1. The third-order valence-electron chi connectivity index (χ3n) is 3.24. The molecule has 17 heavy (non-hydrogen) atoms. The molecule has 2 aromatic rings. The van der Waals surface area contributed by atoms with Crippen molar-refractivity contribution in [3.05, 3.63) is 34.8 Å². The normalized spacial score (nSPS) is 15.4. The molecule has 2 heterocycles. The molecular weight excluding hydrogens is 216 g/mol.